The van der Waals surface area contributed by atoms with E-state index in [4.69, 9.17) is 4.74 Å². The van der Waals surface area contributed by atoms with Gasteiger partial charge >= 0.3 is 0 Å². The van der Waals surface area contributed by atoms with E-state index in [0.717, 1.165) is 64.6 Å². The summed E-state index contributed by atoms with van der Waals surface area (Å²) in [7, 11) is 0. The van der Waals surface area contributed by atoms with Gasteiger partial charge in [0.05, 0.1) is 19.3 Å². The van der Waals surface area contributed by atoms with Gasteiger partial charge in [0.2, 0.25) is 0 Å². The van der Waals surface area contributed by atoms with Crippen LogP contribution in [0.2, 0.25) is 0 Å². The van der Waals surface area contributed by atoms with Crippen LogP contribution in [-0.2, 0) is 11.3 Å². The fraction of sp³-hybridized carbons (Fsp3) is 0.345. The maximum atomic E-state index is 13.3. The molecule has 2 aliphatic rings. The van der Waals surface area contributed by atoms with Crippen molar-refractivity contribution in [2.75, 3.05) is 52.5 Å². The largest absolute Gasteiger partial charge is 0.379 e. The molecule has 3 aromatic rings. The van der Waals surface area contributed by atoms with Crippen molar-refractivity contribution in [2.24, 2.45) is 0 Å². The summed E-state index contributed by atoms with van der Waals surface area (Å²) < 4.78 is 5.45. The van der Waals surface area contributed by atoms with Crippen molar-refractivity contribution in [1.82, 2.24) is 14.7 Å². The summed E-state index contributed by atoms with van der Waals surface area (Å²) >= 11 is 0. The van der Waals surface area contributed by atoms with Crippen molar-refractivity contribution in [3.8, 4) is 0 Å². The fourth-order valence-corrected chi connectivity index (χ4v) is 5.07. The lowest BCUT2D eigenvalue weighted by atomic mass is 9.96. The molecule has 0 N–H and O–H groups in total. The van der Waals surface area contributed by atoms with E-state index in [1.807, 2.05) is 17.0 Å². The van der Waals surface area contributed by atoms with Crippen LogP contribution in [0.25, 0.3) is 0 Å². The third-order valence-corrected chi connectivity index (χ3v) is 6.88. The van der Waals surface area contributed by atoms with Crippen LogP contribution in [0.15, 0.2) is 84.9 Å². The Morgan fingerprint density at radius 3 is 1.97 bits per heavy atom. The van der Waals surface area contributed by atoms with Crippen LogP contribution in [-0.4, -0.2) is 73.1 Å². The Kier molecular flexibility index (Phi) is 7.34. The maximum Gasteiger partial charge on any atom is 0.253 e. The number of hydrogen-bond acceptors (Lipinski definition) is 4. The predicted octanol–water partition coefficient (Wildman–Crippen LogP) is 4.07. The zero-order valence-electron chi connectivity index (χ0n) is 19.7. The molecule has 34 heavy (non-hydrogen) atoms. The van der Waals surface area contributed by atoms with E-state index in [1.54, 1.807) is 0 Å². The molecule has 0 unspecified atom stereocenters. The number of ether oxygens (including phenoxy) is 1. The van der Waals surface area contributed by atoms with Gasteiger partial charge in [0, 0.05) is 51.4 Å². The van der Waals surface area contributed by atoms with E-state index in [-0.39, 0.29) is 11.9 Å². The van der Waals surface area contributed by atoms with Crippen LogP contribution in [0.1, 0.15) is 33.1 Å². The summed E-state index contributed by atoms with van der Waals surface area (Å²) in [5, 5.41) is 0. The van der Waals surface area contributed by atoms with Crippen molar-refractivity contribution in [1.29, 1.82) is 0 Å². The Morgan fingerprint density at radius 2 is 1.35 bits per heavy atom. The Labute approximate surface area is 202 Å². The topological polar surface area (TPSA) is 36.0 Å². The Hall–Kier alpha value is -2.99. The van der Waals surface area contributed by atoms with E-state index in [9.17, 15) is 4.79 Å². The molecule has 0 spiro atoms. The number of hydrogen-bond donors (Lipinski definition) is 0. The molecule has 1 amide bonds. The van der Waals surface area contributed by atoms with E-state index >= 15 is 0 Å². The SMILES string of the molecule is O=C(c1cccc(CN2CCOCC2)c1)N1CCN(C(c2ccccc2)c2ccccc2)CC1. The van der Waals surface area contributed by atoms with E-state index in [2.05, 4.69) is 82.6 Å². The lowest BCUT2D eigenvalue weighted by molar-refractivity contribution is 0.0341. The van der Waals surface area contributed by atoms with Gasteiger partial charge in [0.15, 0.2) is 0 Å². The third kappa shape index (κ3) is 5.39. The highest BCUT2D eigenvalue weighted by Gasteiger charge is 2.28. The number of carbonyl (C=O) groups excluding carboxylic acids is 1. The summed E-state index contributed by atoms with van der Waals surface area (Å²) in [4.78, 5) is 20.2. The number of morpholine rings is 1. The minimum absolute atomic E-state index is 0.138. The van der Waals surface area contributed by atoms with Crippen molar-refractivity contribution < 1.29 is 9.53 Å². The van der Waals surface area contributed by atoms with Gasteiger partial charge in [0.25, 0.3) is 5.91 Å². The van der Waals surface area contributed by atoms with Crippen molar-refractivity contribution in [3.63, 3.8) is 0 Å². The number of piperazine rings is 1. The molecular formula is C29H33N3O2. The first-order chi connectivity index (χ1) is 16.8. The van der Waals surface area contributed by atoms with Crippen molar-refractivity contribution in [2.45, 2.75) is 12.6 Å². The van der Waals surface area contributed by atoms with Crippen LogP contribution >= 0.6 is 0 Å². The predicted molar refractivity (Wildman–Crippen MR) is 135 cm³/mol. The van der Waals surface area contributed by atoms with Gasteiger partial charge in [-0.05, 0) is 28.8 Å². The van der Waals surface area contributed by atoms with Crippen LogP contribution in [0.4, 0.5) is 0 Å². The van der Waals surface area contributed by atoms with Gasteiger partial charge in [-0.3, -0.25) is 14.6 Å². The summed E-state index contributed by atoms with van der Waals surface area (Å²) in [6.07, 6.45) is 0. The zero-order chi connectivity index (χ0) is 23.2. The molecule has 0 bridgehead atoms. The first-order valence-corrected chi connectivity index (χ1v) is 12.3. The van der Waals surface area contributed by atoms with Gasteiger partial charge in [-0.25, -0.2) is 0 Å². The van der Waals surface area contributed by atoms with E-state index < -0.39 is 0 Å². The first-order valence-electron chi connectivity index (χ1n) is 12.3. The lowest BCUT2D eigenvalue weighted by Gasteiger charge is -2.40. The second kappa shape index (κ2) is 11.0. The van der Waals surface area contributed by atoms with Gasteiger partial charge < -0.3 is 9.64 Å². The number of carbonyl (C=O) groups is 1. The summed E-state index contributed by atoms with van der Waals surface area (Å²) in [5.74, 6) is 0.138. The standard InChI is InChI=1S/C29H33N3O2/c33-29(27-13-7-8-24(22-27)23-30-18-20-34-21-19-30)32-16-14-31(15-17-32)28(25-9-3-1-4-10-25)26-11-5-2-6-12-26/h1-13,22,28H,14-21,23H2. The minimum atomic E-state index is 0.138. The second-order valence-electron chi connectivity index (χ2n) is 9.14. The van der Waals surface area contributed by atoms with Gasteiger partial charge in [0.1, 0.15) is 0 Å². The number of rotatable bonds is 6. The second-order valence-corrected chi connectivity index (χ2v) is 9.14. The molecule has 176 valence electrons. The number of amides is 1. The lowest BCUT2D eigenvalue weighted by Crippen LogP contribution is -2.49. The molecule has 0 aromatic heterocycles. The summed E-state index contributed by atoms with van der Waals surface area (Å²) in [6.45, 7) is 7.53. The molecule has 2 fully saturated rings. The molecule has 0 saturated carbocycles. The van der Waals surface area contributed by atoms with Crippen LogP contribution < -0.4 is 0 Å². The van der Waals surface area contributed by atoms with Crippen LogP contribution in [0.3, 0.4) is 0 Å². The molecular weight excluding hydrogens is 422 g/mol. The minimum Gasteiger partial charge on any atom is -0.379 e. The first kappa shape index (κ1) is 22.8. The fourth-order valence-electron chi connectivity index (χ4n) is 5.07. The molecule has 2 saturated heterocycles. The molecule has 0 aliphatic carbocycles. The molecule has 2 aliphatic heterocycles. The molecule has 3 aromatic carbocycles. The van der Waals surface area contributed by atoms with Gasteiger partial charge in [-0.1, -0.05) is 72.8 Å². The smallest absolute Gasteiger partial charge is 0.253 e. The maximum absolute atomic E-state index is 13.3. The Morgan fingerprint density at radius 1 is 0.735 bits per heavy atom. The molecule has 5 rings (SSSR count). The zero-order valence-corrected chi connectivity index (χ0v) is 19.7. The van der Waals surface area contributed by atoms with Gasteiger partial charge in [-0.2, -0.15) is 0 Å². The molecule has 0 radical (unpaired) electrons. The highest BCUT2D eigenvalue weighted by Crippen LogP contribution is 2.29. The highest BCUT2D eigenvalue weighted by atomic mass is 16.5. The van der Waals surface area contributed by atoms with E-state index in [1.165, 1.54) is 16.7 Å². The average molecular weight is 456 g/mol. The average Bonchev–Trinajstić information content (AvgIpc) is 2.91. The highest BCUT2D eigenvalue weighted by molar-refractivity contribution is 5.94. The normalized spacial score (nSPS) is 17.7. The van der Waals surface area contributed by atoms with Crippen molar-refractivity contribution in [3.05, 3.63) is 107 Å². The quantitative estimate of drug-likeness (QED) is 0.562. The van der Waals surface area contributed by atoms with Crippen molar-refractivity contribution >= 4 is 5.91 Å². The van der Waals surface area contributed by atoms with Crippen LogP contribution in [0.5, 0.6) is 0 Å². The summed E-state index contributed by atoms with van der Waals surface area (Å²) in [5.41, 5.74) is 4.58. The molecule has 2 heterocycles. The van der Waals surface area contributed by atoms with E-state index in [0.29, 0.717) is 0 Å². The molecule has 5 nitrogen and oxygen atoms in total. The third-order valence-electron chi connectivity index (χ3n) is 6.88. The molecule has 5 heteroatoms. The van der Waals surface area contributed by atoms with Crippen LogP contribution in [0, 0.1) is 0 Å². The summed E-state index contributed by atoms with van der Waals surface area (Å²) in [6, 6.07) is 29.7. The molecule has 0 atom stereocenters. The monoisotopic (exact) mass is 455 g/mol. The number of benzene rings is 3. The number of nitrogens with zero attached hydrogens (tertiary/aromatic N) is 3. The Balaban J connectivity index is 1.25. The Bertz CT molecular complexity index is 1020. The van der Waals surface area contributed by atoms with Gasteiger partial charge in [-0.15, -0.1) is 0 Å².